The average Bonchev–Trinajstić information content (AvgIpc) is 3.32. The molecule has 1 heterocycles. The van der Waals surface area contributed by atoms with Gasteiger partial charge in [0.1, 0.15) is 11.2 Å². The molecule has 140 valence electrons. The van der Waals surface area contributed by atoms with Crippen molar-refractivity contribution in [2.75, 3.05) is 0 Å². The summed E-state index contributed by atoms with van der Waals surface area (Å²) in [6, 6.07) is 32.5. The van der Waals surface area contributed by atoms with Crippen molar-refractivity contribution in [3.63, 3.8) is 0 Å². The fraction of sp³-hybridized carbons (Fsp3) is 0. The molecule has 0 N–H and O–H groups in total. The lowest BCUT2D eigenvalue weighted by atomic mass is 9.93. The summed E-state index contributed by atoms with van der Waals surface area (Å²) < 4.78 is 7.13. The van der Waals surface area contributed by atoms with Crippen molar-refractivity contribution < 1.29 is 4.42 Å². The van der Waals surface area contributed by atoms with Crippen molar-refractivity contribution in [1.29, 1.82) is 0 Å². The topological polar surface area (TPSA) is 13.1 Å². The summed E-state index contributed by atoms with van der Waals surface area (Å²) in [6.07, 6.45) is 0. The molecular formula is C28H15BrO. The predicted octanol–water partition coefficient (Wildman–Crippen LogP) is 8.82. The molecular weight excluding hydrogens is 432 g/mol. The van der Waals surface area contributed by atoms with Gasteiger partial charge in [0, 0.05) is 15.2 Å². The minimum atomic E-state index is 0.910. The molecule has 1 nitrogen and oxygen atoms in total. The van der Waals surface area contributed by atoms with E-state index in [1.807, 2.05) is 12.1 Å². The molecule has 2 heteroatoms. The monoisotopic (exact) mass is 446 g/mol. The summed E-state index contributed by atoms with van der Waals surface area (Å²) in [7, 11) is 0. The normalized spacial score (nSPS) is 12.2. The van der Waals surface area contributed by atoms with Gasteiger partial charge in [0.2, 0.25) is 0 Å². The summed E-state index contributed by atoms with van der Waals surface area (Å²) in [4.78, 5) is 0. The molecule has 0 saturated carbocycles. The van der Waals surface area contributed by atoms with E-state index in [1.54, 1.807) is 0 Å². The van der Waals surface area contributed by atoms with Gasteiger partial charge in [-0.05, 0) is 68.4 Å². The molecule has 0 atom stereocenters. The van der Waals surface area contributed by atoms with E-state index in [0.29, 0.717) is 0 Å². The van der Waals surface area contributed by atoms with E-state index in [4.69, 9.17) is 4.42 Å². The zero-order valence-electron chi connectivity index (χ0n) is 15.9. The molecule has 0 spiro atoms. The molecule has 0 fully saturated rings. The molecule has 30 heavy (non-hydrogen) atoms. The lowest BCUT2D eigenvalue weighted by molar-refractivity contribution is 0.669. The highest BCUT2D eigenvalue weighted by Gasteiger charge is 2.22. The Labute approximate surface area is 181 Å². The minimum Gasteiger partial charge on any atom is -0.456 e. The molecule has 0 aliphatic heterocycles. The number of fused-ring (bicyclic) bond motifs is 6. The van der Waals surface area contributed by atoms with E-state index in [-0.39, 0.29) is 0 Å². The Kier molecular flexibility index (Phi) is 3.20. The van der Waals surface area contributed by atoms with Gasteiger partial charge in [-0.3, -0.25) is 0 Å². The molecule has 0 saturated heterocycles. The van der Waals surface area contributed by atoms with Crippen LogP contribution in [-0.2, 0) is 0 Å². The highest BCUT2D eigenvalue weighted by molar-refractivity contribution is 9.10. The SMILES string of the molecule is Brc1cccc2oc3ccc(-c4ccc5c6c(cccc46)-c4ccccc4-5)cc3c12. The molecule has 0 bridgehead atoms. The van der Waals surface area contributed by atoms with Crippen molar-refractivity contribution >= 4 is 48.6 Å². The maximum atomic E-state index is 6.07. The Bertz CT molecular complexity index is 1630. The fourth-order valence-corrected chi connectivity index (χ4v) is 5.57. The van der Waals surface area contributed by atoms with Gasteiger partial charge >= 0.3 is 0 Å². The first-order valence-corrected chi connectivity index (χ1v) is 10.9. The van der Waals surface area contributed by atoms with Gasteiger partial charge in [0.05, 0.1) is 0 Å². The standard InChI is InChI=1S/C28H15BrO/c29-24-9-4-10-26-28(24)23-15-16(11-14-25(23)30-26)17-12-13-22-19-6-2-1-5-18(19)21-8-3-7-20(17)27(21)22/h1-15H. The number of hydrogen-bond acceptors (Lipinski definition) is 1. The van der Waals surface area contributed by atoms with Crippen LogP contribution in [0.3, 0.4) is 0 Å². The van der Waals surface area contributed by atoms with Crippen molar-refractivity contribution in [3.05, 3.63) is 95.5 Å². The number of halogens is 1. The second-order valence-electron chi connectivity index (χ2n) is 7.86. The van der Waals surface area contributed by atoms with E-state index in [1.165, 1.54) is 44.2 Å². The van der Waals surface area contributed by atoms with Crippen LogP contribution in [0.5, 0.6) is 0 Å². The van der Waals surface area contributed by atoms with Gasteiger partial charge in [-0.15, -0.1) is 0 Å². The summed E-state index contributed by atoms with van der Waals surface area (Å²) in [6.45, 7) is 0. The summed E-state index contributed by atoms with van der Waals surface area (Å²) in [5.41, 5.74) is 9.61. The molecule has 0 amide bonds. The summed E-state index contributed by atoms with van der Waals surface area (Å²) in [5, 5.41) is 4.93. The Hall–Kier alpha value is -3.36. The number of benzene rings is 5. The van der Waals surface area contributed by atoms with E-state index < -0.39 is 0 Å². The molecule has 1 aliphatic carbocycles. The number of hydrogen-bond donors (Lipinski definition) is 0. The lowest BCUT2D eigenvalue weighted by Crippen LogP contribution is -1.83. The smallest absolute Gasteiger partial charge is 0.136 e. The molecule has 1 aromatic heterocycles. The van der Waals surface area contributed by atoms with Crippen LogP contribution < -0.4 is 0 Å². The average molecular weight is 447 g/mol. The minimum absolute atomic E-state index is 0.910. The van der Waals surface area contributed by atoms with E-state index in [9.17, 15) is 0 Å². The van der Waals surface area contributed by atoms with Gasteiger partial charge in [0.25, 0.3) is 0 Å². The van der Waals surface area contributed by atoms with Gasteiger partial charge in [-0.2, -0.15) is 0 Å². The van der Waals surface area contributed by atoms with Crippen LogP contribution >= 0.6 is 15.9 Å². The predicted molar refractivity (Wildman–Crippen MR) is 129 cm³/mol. The van der Waals surface area contributed by atoms with Crippen LogP contribution in [0.15, 0.2) is 99.9 Å². The third-order valence-electron chi connectivity index (χ3n) is 6.30. The first-order valence-electron chi connectivity index (χ1n) is 10.1. The second kappa shape index (κ2) is 5.84. The Morgan fingerprint density at radius 2 is 1.23 bits per heavy atom. The zero-order chi connectivity index (χ0) is 19.8. The highest BCUT2D eigenvalue weighted by atomic mass is 79.9. The molecule has 0 unspecified atom stereocenters. The second-order valence-corrected chi connectivity index (χ2v) is 8.71. The molecule has 6 aromatic rings. The van der Waals surface area contributed by atoms with E-state index >= 15 is 0 Å². The van der Waals surface area contributed by atoms with Crippen LogP contribution in [0.4, 0.5) is 0 Å². The molecule has 5 aromatic carbocycles. The van der Waals surface area contributed by atoms with Crippen LogP contribution in [0, 0.1) is 0 Å². The van der Waals surface area contributed by atoms with Crippen LogP contribution in [-0.4, -0.2) is 0 Å². The Morgan fingerprint density at radius 3 is 2.10 bits per heavy atom. The molecule has 0 radical (unpaired) electrons. The maximum absolute atomic E-state index is 6.07. The first kappa shape index (κ1) is 16.4. The Morgan fingerprint density at radius 1 is 0.500 bits per heavy atom. The Balaban J connectivity index is 1.54. The van der Waals surface area contributed by atoms with Crippen LogP contribution in [0.1, 0.15) is 0 Å². The zero-order valence-corrected chi connectivity index (χ0v) is 17.5. The van der Waals surface area contributed by atoms with Gasteiger partial charge < -0.3 is 4.42 Å². The lowest BCUT2D eigenvalue weighted by Gasteiger charge is -2.10. The summed E-state index contributed by atoms with van der Waals surface area (Å²) >= 11 is 3.70. The van der Waals surface area contributed by atoms with Gasteiger partial charge in [0.15, 0.2) is 0 Å². The fourth-order valence-electron chi connectivity index (χ4n) is 5.01. The quantitative estimate of drug-likeness (QED) is 0.245. The van der Waals surface area contributed by atoms with Gasteiger partial charge in [-0.1, -0.05) is 82.7 Å². The first-order chi connectivity index (χ1) is 14.8. The maximum Gasteiger partial charge on any atom is 0.136 e. The number of rotatable bonds is 1. The third-order valence-corrected chi connectivity index (χ3v) is 6.96. The summed E-state index contributed by atoms with van der Waals surface area (Å²) in [5.74, 6) is 0. The highest BCUT2D eigenvalue weighted by Crippen LogP contribution is 2.49. The molecule has 1 aliphatic rings. The van der Waals surface area contributed by atoms with E-state index in [2.05, 4.69) is 94.8 Å². The third kappa shape index (κ3) is 2.07. The molecule has 7 rings (SSSR count). The van der Waals surface area contributed by atoms with Crippen molar-refractivity contribution in [2.24, 2.45) is 0 Å². The van der Waals surface area contributed by atoms with E-state index in [0.717, 1.165) is 26.4 Å². The van der Waals surface area contributed by atoms with Crippen molar-refractivity contribution in [3.8, 4) is 33.4 Å². The van der Waals surface area contributed by atoms with Crippen molar-refractivity contribution in [1.82, 2.24) is 0 Å². The van der Waals surface area contributed by atoms with Gasteiger partial charge in [-0.25, -0.2) is 0 Å². The van der Waals surface area contributed by atoms with Crippen LogP contribution in [0.25, 0.3) is 66.1 Å². The van der Waals surface area contributed by atoms with Crippen LogP contribution in [0.2, 0.25) is 0 Å². The van der Waals surface area contributed by atoms with Crippen molar-refractivity contribution in [2.45, 2.75) is 0 Å². The number of furan rings is 1. The largest absolute Gasteiger partial charge is 0.456 e.